The smallest absolute Gasteiger partial charge is 0.244 e. The average molecular weight is 271 g/mol. The summed E-state index contributed by atoms with van der Waals surface area (Å²) in [6, 6.07) is 0. The number of aromatic amines is 1. The Balaban J connectivity index is 2.05. The molecule has 18 heavy (non-hydrogen) atoms. The third-order valence-corrected chi connectivity index (χ3v) is 3.59. The fraction of sp³-hybridized carbons (Fsp3) is 0.333. The van der Waals surface area contributed by atoms with Crippen LogP contribution in [0.1, 0.15) is 5.82 Å². The lowest BCUT2D eigenvalue weighted by Crippen LogP contribution is -2.23. The minimum absolute atomic E-state index is 0.0579. The van der Waals surface area contributed by atoms with Crippen LogP contribution in [0, 0.1) is 0 Å². The number of nitrogens with zero attached hydrogens (tertiary/aromatic N) is 3. The van der Waals surface area contributed by atoms with Crippen molar-refractivity contribution in [2.45, 2.75) is 18.0 Å². The van der Waals surface area contributed by atoms with Crippen molar-refractivity contribution in [1.82, 2.24) is 24.5 Å². The first kappa shape index (κ1) is 12.7. The maximum absolute atomic E-state index is 11.9. The molecule has 2 rings (SSSR count). The summed E-state index contributed by atoms with van der Waals surface area (Å²) in [7, 11) is -3.61. The predicted molar refractivity (Wildman–Crippen MR) is 61.9 cm³/mol. The fourth-order valence-electron chi connectivity index (χ4n) is 1.35. The minimum Gasteiger partial charge on any atom is -0.394 e. The van der Waals surface area contributed by atoms with Gasteiger partial charge in [-0.25, -0.2) is 18.1 Å². The Labute approximate surface area is 104 Å². The van der Waals surface area contributed by atoms with Gasteiger partial charge in [0.15, 0.2) is 0 Å². The van der Waals surface area contributed by atoms with Gasteiger partial charge in [0.2, 0.25) is 10.0 Å². The van der Waals surface area contributed by atoms with Gasteiger partial charge in [-0.3, -0.25) is 4.68 Å². The van der Waals surface area contributed by atoms with E-state index < -0.39 is 10.0 Å². The van der Waals surface area contributed by atoms with Gasteiger partial charge in [0.05, 0.1) is 25.9 Å². The molecule has 2 heterocycles. The number of sulfonamides is 1. The van der Waals surface area contributed by atoms with Gasteiger partial charge in [0.1, 0.15) is 10.7 Å². The second kappa shape index (κ2) is 5.29. The molecular weight excluding hydrogens is 258 g/mol. The molecule has 0 spiro atoms. The van der Waals surface area contributed by atoms with E-state index in [0.717, 1.165) is 0 Å². The number of aliphatic hydroxyl groups is 1. The van der Waals surface area contributed by atoms with Gasteiger partial charge >= 0.3 is 0 Å². The van der Waals surface area contributed by atoms with Crippen LogP contribution in [0.4, 0.5) is 0 Å². The van der Waals surface area contributed by atoms with E-state index in [9.17, 15) is 8.42 Å². The third-order valence-electron chi connectivity index (χ3n) is 2.23. The lowest BCUT2D eigenvalue weighted by Gasteiger charge is -2.02. The lowest BCUT2D eigenvalue weighted by molar-refractivity contribution is 0.269. The highest BCUT2D eigenvalue weighted by atomic mass is 32.2. The molecule has 2 aromatic rings. The molecule has 9 heteroatoms. The highest BCUT2D eigenvalue weighted by Crippen LogP contribution is 2.07. The molecule has 0 fully saturated rings. The second-order valence-electron chi connectivity index (χ2n) is 3.52. The third kappa shape index (κ3) is 2.94. The summed E-state index contributed by atoms with van der Waals surface area (Å²) in [5.74, 6) is 0.529. The van der Waals surface area contributed by atoms with Crippen molar-refractivity contribution >= 4 is 10.0 Å². The quantitative estimate of drug-likeness (QED) is 0.628. The van der Waals surface area contributed by atoms with E-state index in [1.807, 2.05) is 0 Å². The van der Waals surface area contributed by atoms with Gasteiger partial charge in [-0.15, -0.1) is 0 Å². The molecule has 0 amide bonds. The highest BCUT2D eigenvalue weighted by molar-refractivity contribution is 7.89. The van der Waals surface area contributed by atoms with Gasteiger partial charge < -0.3 is 10.1 Å². The Kier molecular flexibility index (Phi) is 3.75. The molecule has 0 unspecified atom stereocenters. The van der Waals surface area contributed by atoms with Crippen LogP contribution in [0.3, 0.4) is 0 Å². The fourth-order valence-corrected chi connectivity index (χ4v) is 2.29. The summed E-state index contributed by atoms with van der Waals surface area (Å²) in [5, 5.41) is 12.6. The Morgan fingerprint density at radius 2 is 2.33 bits per heavy atom. The normalized spacial score (nSPS) is 11.8. The lowest BCUT2D eigenvalue weighted by atomic mass is 10.6. The minimum atomic E-state index is -3.61. The molecule has 0 atom stereocenters. The van der Waals surface area contributed by atoms with Crippen molar-refractivity contribution in [1.29, 1.82) is 0 Å². The van der Waals surface area contributed by atoms with E-state index >= 15 is 0 Å². The van der Waals surface area contributed by atoms with Crippen molar-refractivity contribution in [3.05, 3.63) is 30.6 Å². The molecule has 98 valence electrons. The first-order valence-corrected chi connectivity index (χ1v) is 6.71. The van der Waals surface area contributed by atoms with Crippen LogP contribution in [0.15, 0.2) is 29.7 Å². The van der Waals surface area contributed by atoms with Crippen LogP contribution in [0.25, 0.3) is 0 Å². The molecule has 0 radical (unpaired) electrons. The van der Waals surface area contributed by atoms with Crippen LogP contribution in [0.5, 0.6) is 0 Å². The number of hydrogen-bond donors (Lipinski definition) is 3. The molecule has 0 saturated heterocycles. The standard InChI is InChI=1S/C9H13N5O3S/c15-4-3-14-7-8(5-12-14)18(16,17)13-6-9-10-1-2-11-9/h1-2,5,7,13,15H,3-4,6H2,(H,10,11). The summed E-state index contributed by atoms with van der Waals surface area (Å²) < 4.78 is 27.5. The van der Waals surface area contributed by atoms with Crippen molar-refractivity contribution in [2.24, 2.45) is 0 Å². The SMILES string of the molecule is O=S(=O)(NCc1ncc[nH]1)c1cnn(CCO)c1. The first-order chi connectivity index (χ1) is 8.62. The zero-order valence-corrected chi connectivity index (χ0v) is 10.3. The summed E-state index contributed by atoms with van der Waals surface area (Å²) in [6.07, 6.45) is 5.76. The summed E-state index contributed by atoms with van der Waals surface area (Å²) in [5.41, 5.74) is 0. The van der Waals surface area contributed by atoms with Crippen LogP contribution < -0.4 is 4.72 Å². The summed E-state index contributed by atoms with van der Waals surface area (Å²) in [4.78, 5) is 6.76. The number of aromatic nitrogens is 4. The van der Waals surface area contributed by atoms with E-state index in [1.54, 1.807) is 12.4 Å². The van der Waals surface area contributed by atoms with Crippen LogP contribution in [-0.2, 0) is 23.1 Å². The number of H-pyrrole nitrogens is 1. The van der Waals surface area contributed by atoms with Gasteiger partial charge in [-0.05, 0) is 0 Å². The van der Waals surface area contributed by atoms with E-state index in [0.29, 0.717) is 5.82 Å². The zero-order valence-electron chi connectivity index (χ0n) is 9.44. The zero-order chi connectivity index (χ0) is 13.0. The maximum atomic E-state index is 11.9. The van der Waals surface area contributed by atoms with Crippen molar-refractivity contribution in [3.63, 3.8) is 0 Å². The number of nitrogens with one attached hydrogen (secondary N) is 2. The van der Waals surface area contributed by atoms with Crippen LogP contribution >= 0.6 is 0 Å². The van der Waals surface area contributed by atoms with Gasteiger partial charge in [-0.1, -0.05) is 0 Å². The van der Waals surface area contributed by atoms with Crippen molar-refractivity contribution in [3.8, 4) is 0 Å². The molecule has 0 saturated carbocycles. The predicted octanol–water partition coefficient (Wildman–Crippen LogP) is -0.923. The summed E-state index contributed by atoms with van der Waals surface area (Å²) in [6.45, 7) is 0.245. The van der Waals surface area contributed by atoms with E-state index in [-0.39, 0.29) is 24.6 Å². The highest BCUT2D eigenvalue weighted by Gasteiger charge is 2.16. The average Bonchev–Trinajstić information content (AvgIpc) is 2.98. The molecule has 8 nitrogen and oxygen atoms in total. The number of hydrogen-bond acceptors (Lipinski definition) is 5. The van der Waals surface area contributed by atoms with E-state index in [4.69, 9.17) is 5.11 Å². The summed E-state index contributed by atoms with van der Waals surface area (Å²) >= 11 is 0. The number of rotatable bonds is 6. The van der Waals surface area contributed by atoms with Gasteiger partial charge in [0, 0.05) is 18.6 Å². The Hall–Kier alpha value is -1.71. The molecular formula is C9H13N5O3S. The molecule has 0 aliphatic heterocycles. The van der Waals surface area contributed by atoms with E-state index in [2.05, 4.69) is 19.8 Å². The number of imidazole rings is 1. The maximum Gasteiger partial charge on any atom is 0.244 e. The van der Waals surface area contributed by atoms with Gasteiger partial charge in [0.25, 0.3) is 0 Å². The van der Waals surface area contributed by atoms with E-state index in [1.165, 1.54) is 17.1 Å². The Morgan fingerprint density at radius 3 is 3.00 bits per heavy atom. The molecule has 0 aromatic carbocycles. The molecule has 3 N–H and O–H groups in total. The van der Waals surface area contributed by atoms with Crippen molar-refractivity contribution < 1.29 is 13.5 Å². The molecule has 0 aliphatic rings. The number of aliphatic hydroxyl groups excluding tert-OH is 1. The first-order valence-electron chi connectivity index (χ1n) is 5.23. The second-order valence-corrected chi connectivity index (χ2v) is 5.29. The van der Waals surface area contributed by atoms with Gasteiger partial charge in [-0.2, -0.15) is 5.10 Å². The largest absolute Gasteiger partial charge is 0.394 e. The molecule has 0 bridgehead atoms. The Bertz CT molecular complexity index is 590. The van der Waals surface area contributed by atoms with Crippen LogP contribution in [-0.4, -0.2) is 39.9 Å². The van der Waals surface area contributed by atoms with Crippen LogP contribution in [0.2, 0.25) is 0 Å². The molecule has 0 aliphatic carbocycles. The molecule has 2 aromatic heterocycles. The monoisotopic (exact) mass is 271 g/mol. The van der Waals surface area contributed by atoms with Crippen molar-refractivity contribution in [2.75, 3.05) is 6.61 Å². The topological polar surface area (TPSA) is 113 Å². The Morgan fingerprint density at radius 1 is 1.50 bits per heavy atom.